The molecular weight excluding hydrogens is 148 g/mol. The number of hydrogen-bond acceptors (Lipinski definition) is 2. The molecule has 2 rings (SSSR count). The van der Waals surface area contributed by atoms with Crippen molar-refractivity contribution in [3.63, 3.8) is 0 Å². The normalized spacial score (nSPS) is 15.1. The van der Waals surface area contributed by atoms with Crippen molar-refractivity contribution in [3.8, 4) is 11.8 Å². The molecule has 0 atom stereocenters. The van der Waals surface area contributed by atoms with E-state index in [2.05, 4.69) is 21.8 Å². The van der Waals surface area contributed by atoms with E-state index in [1.807, 2.05) is 6.92 Å². The Hall–Kier alpha value is -1.36. The van der Waals surface area contributed by atoms with E-state index in [-0.39, 0.29) is 0 Å². The fourth-order valence-corrected chi connectivity index (χ4v) is 0.861. The molecule has 0 unspecified atom stereocenters. The highest BCUT2D eigenvalue weighted by molar-refractivity contribution is 5.27. The summed E-state index contributed by atoms with van der Waals surface area (Å²) in [6.07, 6.45) is 5.99. The van der Waals surface area contributed by atoms with Crippen LogP contribution in [0.4, 0.5) is 0 Å². The summed E-state index contributed by atoms with van der Waals surface area (Å²) < 4.78 is 0. The van der Waals surface area contributed by atoms with Gasteiger partial charge in [0.25, 0.3) is 0 Å². The predicted molar refractivity (Wildman–Crippen MR) is 46.4 cm³/mol. The van der Waals surface area contributed by atoms with Gasteiger partial charge in [-0.1, -0.05) is 5.92 Å². The van der Waals surface area contributed by atoms with Crippen LogP contribution < -0.4 is 0 Å². The Morgan fingerprint density at radius 1 is 1.33 bits per heavy atom. The summed E-state index contributed by atoms with van der Waals surface area (Å²) in [6.45, 7) is 1.92. The largest absolute Gasteiger partial charge is 0.257 e. The molecule has 1 aromatic heterocycles. The summed E-state index contributed by atoms with van der Waals surface area (Å²) in [4.78, 5) is 8.25. The van der Waals surface area contributed by atoms with Crippen LogP contribution in [0, 0.1) is 24.7 Å². The minimum Gasteiger partial charge on any atom is -0.257 e. The lowest BCUT2D eigenvalue weighted by Gasteiger charge is -1.89. The molecule has 1 heterocycles. The first kappa shape index (κ1) is 7.30. The van der Waals surface area contributed by atoms with Crippen LogP contribution in [-0.4, -0.2) is 9.97 Å². The van der Waals surface area contributed by atoms with Gasteiger partial charge in [0.05, 0.1) is 11.9 Å². The molecule has 0 amide bonds. The van der Waals surface area contributed by atoms with Crippen molar-refractivity contribution >= 4 is 0 Å². The molecule has 0 radical (unpaired) electrons. The lowest BCUT2D eigenvalue weighted by atomic mass is 10.3. The zero-order valence-electron chi connectivity index (χ0n) is 7.04. The zero-order valence-corrected chi connectivity index (χ0v) is 7.04. The van der Waals surface area contributed by atoms with Gasteiger partial charge in [-0.2, -0.15) is 0 Å². The second kappa shape index (κ2) is 2.94. The third-order valence-electron chi connectivity index (χ3n) is 1.76. The Kier molecular flexibility index (Phi) is 1.79. The lowest BCUT2D eigenvalue weighted by Crippen LogP contribution is -1.86. The maximum absolute atomic E-state index is 4.14. The van der Waals surface area contributed by atoms with E-state index in [0.717, 1.165) is 11.4 Å². The van der Waals surface area contributed by atoms with E-state index < -0.39 is 0 Å². The predicted octanol–water partition coefficient (Wildman–Crippen LogP) is 1.55. The maximum Gasteiger partial charge on any atom is 0.131 e. The molecule has 2 heteroatoms. The fraction of sp³-hybridized carbons (Fsp3) is 0.400. The summed E-state index contributed by atoms with van der Waals surface area (Å²) in [5.74, 6) is 6.78. The topological polar surface area (TPSA) is 25.8 Å². The van der Waals surface area contributed by atoms with Gasteiger partial charge >= 0.3 is 0 Å². The molecule has 0 aromatic carbocycles. The van der Waals surface area contributed by atoms with Gasteiger partial charge in [-0.3, -0.25) is 4.98 Å². The number of aryl methyl sites for hydroxylation is 1. The van der Waals surface area contributed by atoms with Crippen LogP contribution in [0.15, 0.2) is 12.4 Å². The van der Waals surface area contributed by atoms with Crippen LogP contribution in [0.25, 0.3) is 0 Å². The van der Waals surface area contributed by atoms with Crippen LogP contribution in [-0.2, 0) is 0 Å². The number of rotatable bonds is 0. The Morgan fingerprint density at radius 2 is 2.17 bits per heavy atom. The Balaban J connectivity index is 2.13. The smallest absolute Gasteiger partial charge is 0.131 e. The molecule has 1 fully saturated rings. The summed E-state index contributed by atoms with van der Waals surface area (Å²) >= 11 is 0. The number of aromatic nitrogens is 2. The van der Waals surface area contributed by atoms with Gasteiger partial charge in [0, 0.05) is 12.1 Å². The van der Waals surface area contributed by atoms with Crippen LogP contribution in [0.5, 0.6) is 0 Å². The van der Waals surface area contributed by atoms with Crippen molar-refractivity contribution in [2.24, 2.45) is 5.92 Å². The van der Waals surface area contributed by atoms with Crippen LogP contribution in [0.3, 0.4) is 0 Å². The van der Waals surface area contributed by atoms with Gasteiger partial charge < -0.3 is 0 Å². The molecule has 60 valence electrons. The van der Waals surface area contributed by atoms with E-state index in [1.165, 1.54) is 12.8 Å². The molecule has 0 saturated heterocycles. The molecule has 1 saturated carbocycles. The van der Waals surface area contributed by atoms with Crippen molar-refractivity contribution in [2.75, 3.05) is 0 Å². The second-order valence-corrected chi connectivity index (χ2v) is 3.09. The van der Waals surface area contributed by atoms with Gasteiger partial charge in [-0.05, 0) is 25.7 Å². The first-order valence-electron chi connectivity index (χ1n) is 4.15. The average Bonchev–Trinajstić information content (AvgIpc) is 2.87. The molecule has 1 aliphatic rings. The van der Waals surface area contributed by atoms with Gasteiger partial charge in [-0.25, -0.2) is 4.98 Å². The summed E-state index contributed by atoms with van der Waals surface area (Å²) in [6, 6.07) is 0. The van der Waals surface area contributed by atoms with Crippen molar-refractivity contribution < 1.29 is 0 Å². The van der Waals surface area contributed by atoms with Gasteiger partial charge in [0.2, 0.25) is 0 Å². The van der Waals surface area contributed by atoms with Gasteiger partial charge in [0.1, 0.15) is 5.69 Å². The SMILES string of the molecule is Cc1cnc(C#CC2CC2)cn1. The number of hydrogen-bond donors (Lipinski definition) is 0. The minimum atomic E-state index is 0.633. The molecule has 1 aliphatic carbocycles. The summed E-state index contributed by atoms with van der Waals surface area (Å²) in [5, 5.41) is 0. The first-order valence-corrected chi connectivity index (χ1v) is 4.15. The van der Waals surface area contributed by atoms with Gasteiger partial charge in [-0.15, -0.1) is 0 Å². The lowest BCUT2D eigenvalue weighted by molar-refractivity contribution is 1.10. The highest BCUT2D eigenvalue weighted by Gasteiger charge is 2.17. The first-order chi connectivity index (χ1) is 5.84. The Labute approximate surface area is 72.1 Å². The maximum atomic E-state index is 4.14. The zero-order chi connectivity index (χ0) is 8.39. The number of nitrogens with zero attached hydrogens (tertiary/aromatic N) is 2. The van der Waals surface area contributed by atoms with E-state index in [0.29, 0.717) is 5.92 Å². The van der Waals surface area contributed by atoms with E-state index in [4.69, 9.17) is 0 Å². The highest BCUT2D eigenvalue weighted by Crippen LogP contribution is 2.27. The quantitative estimate of drug-likeness (QED) is 0.535. The van der Waals surface area contributed by atoms with Gasteiger partial charge in [0.15, 0.2) is 0 Å². The van der Waals surface area contributed by atoms with Crippen molar-refractivity contribution in [1.29, 1.82) is 0 Å². The van der Waals surface area contributed by atoms with E-state index >= 15 is 0 Å². The van der Waals surface area contributed by atoms with E-state index in [9.17, 15) is 0 Å². The molecule has 0 aliphatic heterocycles. The molecular formula is C10H10N2. The third kappa shape index (κ3) is 1.82. The molecule has 0 spiro atoms. The molecule has 0 bridgehead atoms. The Morgan fingerprint density at radius 3 is 2.75 bits per heavy atom. The summed E-state index contributed by atoms with van der Waals surface area (Å²) in [5.41, 5.74) is 1.72. The van der Waals surface area contributed by atoms with E-state index in [1.54, 1.807) is 12.4 Å². The molecule has 0 N–H and O–H groups in total. The van der Waals surface area contributed by atoms with Crippen molar-refractivity contribution in [3.05, 3.63) is 23.8 Å². The van der Waals surface area contributed by atoms with Crippen LogP contribution in [0.1, 0.15) is 24.2 Å². The summed E-state index contributed by atoms with van der Waals surface area (Å²) in [7, 11) is 0. The molecule has 2 nitrogen and oxygen atoms in total. The molecule has 12 heavy (non-hydrogen) atoms. The fourth-order valence-electron chi connectivity index (χ4n) is 0.861. The third-order valence-corrected chi connectivity index (χ3v) is 1.76. The highest BCUT2D eigenvalue weighted by atomic mass is 14.8. The Bertz CT molecular complexity index is 325. The average molecular weight is 158 g/mol. The van der Waals surface area contributed by atoms with Crippen LogP contribution in [0.2, 0.25) is 0 Å². The van der Waals surface area contributed by atoms with Crippen LogP contribution >= 0.6 is 0 Å². The van der Waals surface area contributed by atoms with Crippen molar-refractivity contribution in [2.45, 2.75) is 19.8 Å². The minimum absolute atomic E-state index is 0.633. The monoisotopic (exact) mass is 158 g/mol. The van der Waals surface area contributed by atoms with Crippen molar-refractivity contribution in [1.82, 2.24) is 9.97 Å². The molecule has 1 aromatic rings. The standard InChI is InChI=1S/C10H10N2/c1-8-6-12-10(7-11-8)5-4-9-2-3-9/h6-7,9H,2-3H2,1H3. The second-order valence-electron chi connectivity index (χ2n) is 3.09.